The van der Waals surface area contributed by atoms with E-state index in [0.29, 0.717) is 43.4 Å². The monoisotopic (exact) mass is 370 g/mol. The Morgan fingerprint density at radius 1 is 1.00 bits per heavy atom. The van der Waals surface area contributed by atoms with Gasteiger partial charge in [0.15, 0.2) is 11.5 Å². The average molecular weight is 371 g/mol. The molecule has 2 aromatic carbocycles. The number of nitrogens with one attached hydrogen (secondary N) is 1. The lowest BCUT2D eigenvalue weighted by Gasteiger charge is -2.18. The van der Waals surface area contributed by atoms with Crippen LogP contribution in [-0.2, 0) is 16.4 Å². The number of nitrogens with two attached hydrogens (primary N) is 1. The zero-order valence-corrected chi connectivity index (χ0v) is 14.5. The summed E-state index contributed by atoms with van der Waals surface area (Å²) in [5.41, 5.74) is 7.33. The normalized spacial score (nSPS) is 13.2. The van der Waals surface area contributed by atoms with E-state index in [4.69, 9.17) is 15.2 Å². The van der Waals surface area contributed by atoms with Crippen LogP contribution >= 0.6 is 12.4 Å². The lowest BCUT2D eigenvalue weighted by molar-refractivity contribution is 0.171. The third kappa shape index (κ3) is 4.31. The van der Waals surface area contributed by atoms with Crippen molar-refractivity contribution in [2.75, 3.05) is 25.5 Å². The van der Waals surface area contributed by atoms with Crippen molar-refractivity contribution in [1.82, 2.24) is 4.72 Å². The van der Waals surface area contributed by atoms with Crippen LogP contribution in [0.25, 0.3) is 0 Å². The number of hydrogen-bond acceptors (Lipinski definition) is 5. The maximum Gasteiger partial charge on any atom is 0.240 e. The van der Waals surface area contributed by atoms with Crippen molar-refractivity contribution in [1.29, 1.82) is 0 Å². The van der Waals surface area contributed by atoms with Crippen LogP contribution in [0.15, 0.2) is 47.4 Å². The van der Waals surface area contributed by atoms with Crippen molar-refractivity contribution in [3.63, 3.8) is 0 Å². The van der Waals surface area contributed by atoms with Crippen LogP contribution in [0.1, 0.15) is 5.56 Å². The number of rotatable bonds is 5. The molecular weight excluding hydrogens is 352 g/mol. The maximum absolute atomic E-state index is 12.3. The van der Waals surface area contributed by atoms with Gasteiger partial charge in [-0.3, -0.25) is 0 Å². The number of ether oxygens (including phenoxy) is 2. The van der Waals surface area contributed by atoms with Crippen molar-refractivity contribution >= 4 is 28.1 Å². The first-order valence-electron chi connectivity index (χ1n) is 7.28. The molecule has 0 saturated carbocycles. The van der Waals surface area contributed by atoms with Crippen molar-refractivity contribution in [2.45, 2.75) is 11.3 Å². The molecule has 0 fully saturated rings. The van der Waals surface area contributed by atoms with Crippen LogP contribution in [-0.4, -0.2) is 28.2 Å². The summed E-state index contributed by atoms with van der Waals surface area (Å²) in [5.74, 6) is 1.02. The molecule has 24 heavy (non-hydrogen) atoms. The SMILES string of the molecule is Cl.Nc1ccc(CCNS(=O)(=O)c2ccc3c(c2)OCCO3)cc1. The molecule has 0 aliphatic carbocycles. The highest BCUT2D eigenvalue weighted by molar-refractivity contribution is 7.89. The molecule has 1 aliphatic rings. The molecule has 0 saturated heterocycles. The highest BCUT2D eigenvalue weighted by Crippen LogP contribution is 2.32. The summed E-state index contributed by atoms with van der Waals surface area (Å²) in [6, 6.07) is 12.0. The summed E-state index contributed by atoms with van der Waals surface area (Å²) >= 11 is 0. The molecule has 0 atom stereocenters. The number of benzene rings is 2. The van der Waals surface area contributed by atoms with Gasteiger partial charge in [-0.05, 0) is 36.2 Å². The van der Waals surface area contributed by atoms with Crippen LogP contribution < -0.4 is 19.9 Å². The van der Waals surface area contributed by atoms with Gasteiger partial charge in [0.1, 0.15) is 13.2 Å². The zero-order valence-electron chi connectivity index (χ0n) is 12.9. The lowest BCUT2D eigenvalue weighted by atomic mass is 10.1. The standard InChI is InChI=1S/C16H18N2O4S.ClH/c17-13-3-1-12(2-4-13)7-8-18-23(19,20)14-5-6-15-16(11-14)22-10-9-21-15;/h1-6,11,18H,7-10,17H2;1H. The van der Waals surface area contributed by atoms with Gasteiger partial charge >= 0.3 is 0 Å². The highest BCUT2D eigenvalue weighted by Gasteiger charge is 2.18. The zero-order chi connectivity index (χ0) is 16.3. The first-order valence-corrected chi connectivity index (χ1v) is 8.77. The second-order valence-electron chi connectivity index (χ2n) is 5.19. The second-order valence-corrected chi connectivity index (χ2v) is 6.96. The van der Waals surface area contributed by atoms with E-state index in [1.165, 1.54) is 12.1 Å². The fraction of sp³-hybridized carbons (Fsp3) is 0.250. The molecule has 0 aromatic heterocycles. The van der Waals surface area contributed by atoms with E-state index in [1.807, 2.05) is 12.1 Å². The molecular formula is C16H19ClN2O4S. The molecule has 6 nitrogen and oxygen atoms in total. The number of halogens is 1. The molecule has 0 unspecified atom stereocenters. The predicted octanol–water partition coefficient (Wildman–Crippen LogP) is 1.98. The van der Waals surface area contributed by atoms with Gasteiger partial charge < -0.3 is 15.2 Å². The fourth-order valence-electron chi connectivity index (χ4n) is 2.29. The summed E-state index contributed by atoms with van der Waals surface area (Å²) in [6.07, 6.45) is 0.587. The van der Waals surface area contributed by atoms with Gasteiger partial charge in [0, 0.05) is 18.3 Å². The van der Waals surface area contributed by atoms with Gasteiger partial charge in [-0.15, -0.1) is 12.4 Å². The fourth-order valence-corrected chi connectivity index (χ4v) is 3.34. The molecule has 0 bridgehead atoms. The lowest BCUT2D eigenvalue weighted by Crippen LogP contribution is -2.26. The molecule has 1 aliphatic heterocycles. The quantitative estimate of drug-likeness (QED) is 0.785. The first-order chi connectivity index (χ1) is 11.0. The molecule has 3 N–H and O–H groups in total. The average Bonchev–Trinajstić information content (AvgIpc) is 2.56. The summed E-state index contributed by atoms with van der Waals surface area (Å²) in [7, 11) is -3.58. The van der Waals surface area contributed by atoms with Gasteiger partial charge in [0.05, 0.1) is 4.90 Å². The Kier molecular flexibility index (Phi) is 5.93. The number of nitrogen functional groups attached to an aromatic ring is 1. The number of hydrogen-bond donors (Lipinski definition) is 2. The van der Waals surface area contributed by atoms with Crippen LogP contribution in [0, 0.1) is 0 Å². The van der Waals surface area contributed by atoms with Gasteiger partial charge in [-0.1, -0.05) is 12.1 Å². The molecule has 1 heterocycles. The smallest absolute Gasteiger partial charge is 0.240 e. The largest absolute Gasteiger partial charge is 0.486 e. The van der Waals surface area contributed by atoms with Crippen molar-refractivity contribution in [3.8, 4) is 11.5 Å². The van der Waals surface area contributed by atoms with Crippen molar-refractivity contribution < 1.29 is 17.9 Å². The Morgan fingerprint density at radius 2 is 1.67 bits per heavy atom. The highest BCUT2D eigenvalue weighted by atomic mass is 35.5. The molecule has 130 valence electrons. The van der Waals surface area contributed by atoms with Gasteiger partial charge in [-0.25, -0.2) is 13.1 Å². The van der Waals surface area contributed by atoms with E-state index in [-0.39, 0.29) is 17.3 Å². The van der Waals surface area contributed by atoms with E-state index in [0.717, 1.165) is 5.56 Å². The molecule has 0 amide bonds. The third-order valence-electron chi connectivity index (χ3n) is 3.51. The molecule has 0 spiro atoms. The Labute approximate surface area is 147 Å². The molecule has 8 heteroatoms. The van der Waals surface area contributed by atoms with Gasteiger partial charge in [0.25, 0.3) is 0 Å². The Hall–Kier alpha value is -1.96. The van der Waals surface area contributed by atoms with E-state index in [2.05, 4.69) is 4.72 Å². The second kappa shape index (κ2) is 7.74. The third-order valence-corrected chi connectivity index (χ3v) is 4.97. The maximum atomic E-state index is 12.3. The molecule has 2 aromatic rings. The summed E-state index contributed by atoms with van der Waals surface area (Å²) in [5, 5.41) is 0. The number of sulfonamides is 1. The van der Waals surface area contributed by atoms with Crippen LogP contribution in [0.3, 0.4) is 0 Å². The van der Waals surface area contributed by atoms with Crippen LogP contribution in [0.5, 0.6) is 11.5 Å². The number of fused-ring (bicyclic) bond motifs is 1. The van der Waals surface area contributed by atoms with Crippen molar-refractivity contribution in [3.05, 3.63) is 48.0 Å². The van der Waals surface area contributed by atoms with E-state index in [9.17, 15) is 8.42 Å². The molecule has 3 rings (SSSR count). The molecule has 0 radical (unpaired) electrons. The minimum absolute atomic E-state index is 0. The Balaban J connectivity index is 0.00000208. The summed E-state index contributed by atoms with van der Waals surface area (Å²) in [6.45, 7) is 1.20. The summed E-state index contributed by atoms with van der Waals surface area (Å²) in [4.78, 5) is 0.166. The summed E-state index contributed by atoms with van der Waals surface area (Å²) < 4.78 is 38.1. The van der Waals surface area contributed by atoms with E-state index < -0.39 is 10.0 Å². The van der Waals surface area contributed by atoms with Gasteiger partial charge in [0.2, 0.25) is 10.0 Å². The predicted molar refractivity (Wildman–Crippen MR) is 94.4 cm³/mol. The van der Waals surface area contributed by atoms with E-state index in [1.54, 1.807) is 18.2 Å². The van der Waals surface area contributed by atoms with Crippen LogP contribution in [0.4, 0.5) is 5.69 Å². The number of anilines is 1. The van der Waals surface area contributed by atoms with Crippen LogP contribution in [0.2, 0.25) is 0 Å². The minimum Gasteiger partial charge on any atom is -0.486 e. The Bertz CT molecular complexity index is 794. The minimum atomic E-state index is -3.58. The topological polar surface area (TPSA) is 90.7 Å². The Morgan fingerprint density at radius 3 is 2.38 bits per heavy atom. The van der Waals surface area contributed by atoms with Gasteiger partial charge in [-0.2, -0.15) is 0 Å². The van der Waals surface area contributed by atoms with Crippen molar-refractivity contribution in [2.24, 2.45) is 0 Å². The van der Waals surface area contributed by atoms with E-state index >= 15 is 0 Å². The first kappa shape index (κ1) is 18.4.